The summed E-state index contributed by atoms with van der Waals surface area (Å²) >= 11 is 0. The van der Waals surface area contributed by atoms with Crippen LogP contribution in [-0.2, 0) is 0 Å². The third-order valence-corrected chi connectivity index (χ3v) is 2.74. The molecular weight excluding hydrogens is 254 g/mol. The first-order chi connectivity index (χ1) is 9.63. The third-order valence-electron chi connectivity index (χ3n) is 2.74. The monoisotopic (exact) mass is 267 g/mol. The van der Waals surface area contributed by atoms with E-state index < -0.39 is 0 Å². The Hall–Kier alpha value is -3.00. The molecule has 0 unspecified atom stereocenters. The Bertz CT molecular complexity index is 690. The van der Waals surface area contributed by atoms with Gasteiger partial charge in [-0.25, -0.2) is 0 Å². The zero-order valence-electron chi connectivity index (χ0n) is 10.9. The zero-order chi connectivity index (χ0) is 14.5. The fourth-order valence-corrected chi connectivity index (χ4v) is 1.72. The molecule has 5 heteroatoms. The number of carbonyl (C=O) groups excluding carboxylic acids is 1. The number of nitrogens with one attached hydrogen (secondary N) is 1. The number of nitrogens with zero attached hydrogens (tertiary/aromatic N) is 1. The molecule has 0 fully saturated rings. The molecule has 20 heavy (non-hydrogen) atoms. The van der Waals surface area contributed by atoms with Crippen LogP contribution in [0.1, 0.15) is 15.9 Å². The average molecular weight is 267 g/mol. The largest absolute Gasteiger partial charge is 0.497 e. The molecule has 0 aliphatic heterocycles. The summed E-state index contributed by atoms with van der Waals surface area (Å²) in [5.41, 5.74) is 7.27. The molecule has 2 aromatic rings. The molecule has 0 aliphatic carbocycles. The highest BCUT2D eigenvalue weighted by molar-refractivity contribution is 6.05. The Labute approximate surface area is 116 Å². The minimum Gasteiger partial charge on any atom is -0.497 e. The molecule has 0 bridgehead atoms. The highest BCUT2D eigenvalue weighted by atomic mass is 16.5. The van der Waals surface area contributed by atoms with Crippen LogP contribution in [0.15, 0.2) is 42.5 Å². The van der Waals surface area contributed by atoms with E-state index in [1.165, 1.54) is 13.2 Å². The fourth-order valence-electron chi connectivity index (χ4n) is 1.72. The second kappa shape index (κ2) is 5.76. The highest BCUT2D eigenvalue weighted by Crippen LogP contribution is 2.20. The first-order valence-electron chi connectivity index (χ1n) is 5.89. The molecule has 0 saturated heterocycles. The number of nitrogen functional groups attached to an aromatic ring is 1. The first-order valence-corrected chi connectivity index (χ1v) is 5.89. The van der Waals surface area contributed by atoms with Gasteiger partial charge in [0.1, 0.15) is 11.8 Å². The van der Waals surface area contributed by atoms with Crippen molar-refractivity contribution in [3.8, 4) is 11.8 Å². The van der Waals surface area contributed by atoms with Crippen molar-refractivity contribution < 1.29 is 9.53 Å². The number of amides is 1. The number of benzene rings is 2. The molecule has 100 valence electrons. The molecule has 2 rings (SSSR count). The van der Waals surface area contributed by atoms with Crippen molar-refractivity contribution in [2.75, 3.05) is 18.2 Å². The minimum atomic E-state index is -0.315. The number of carbonyl (C=O) groups is 1. The first kappa shape index (κ1) is 13.4. The summed E-state index contributed by atoms with van der Waals surface area (Å²) < 4.78 is 5.07. The molecule has 0 aromatic heterocycles. The maximum atomic E-state index is 12.1. The minimum absolute atomic E-state index is 0.315. The Morgan fingerprint density at radius 3 is 2.80 bits per heavy atom. The van der Waals surface area contributed by atoms with E-state index in [0.717, 1.165) is 0 Å². The number of nitriles is 1. The lowest BCUT2D eigenvalue weighted by molar-refractivity contribution is 0.102. The zero-order valence-corrected chi connectivity index (χ0v) is 10.9. The number of hydrogen-bond acceptors (Lipinski definition) is 4. The second-order valence-corrected chi connectivity index (χ2v) is 4.10. The molecule has 0 radical (unpaired) electrons. The van der Waals surface area contributed by atoms with E-state index in [0.29, 0.717) is 28.3 Å². The van der Waals surface area contributed by atoms with Gasteiger partial charge in [0, 0.05) is 11.3 Å². The standard InChI is InChI=1S/C15H13N3O2/c1-20-13-4-2-3-10(8-13)15(19)18-14-6-5-12(17)7-11(14)9-16/h2-8H,17H2,1H3,(H,18,19). The van der Waals surface area contributed by atoms with Crippen molar-refractivity contribution in [2.45, 2.75) is 0 Å². The maximum Gasteiger partial charge on any atom is 0.255 e. The van der Waals surface area contributed by atoms with Crippen molar-refractivity contribution >= 4 is 17.3 Å². The van der Waals surface area contributed by atoms with Gasteiger partial charge in [-0.2, -0.15) is 5.26 Å². The van der Waals surface area contributed by atoms with Gasteiger partial charge in [-0.15, -0.1) is 0 Å². The van der Waals surface area contributed by atoms with Crippen molar-refractivity contribution in [3.63, 3.8) is 0 Å². The third kappa shape index (κ3) is 2.87. The van der Waals surface area contributed by atoms with Crippen LogP contribution in [0.3, 0.4) is 0 Å². The van der Waals surface area contributed by atoms with Crippen LogP contribution in [0.4, 0.5) is 11.4 Å². The van der Waals surface area contributed by atoms with E-state index in [9.17, 15) is 4.79 Å². The van der Waals surface area contributed by atoms with Gasteiger partial charge < -0.3 is 15.8 Å². The quantitative estimate of drug-likeness (QED) is 0.836. The van der Waals surface area contributed by atoms with Gasteiger partial charge in [-0.05, 0) is 36.4 Å². The molecule has 5 nitrogen and oxygen atoms in total. The van der Waals surface area contributed by atoms with Crippen LogP contribution in [0, 0.1) is 11.3 Å². The van der Waals surface area contributed by atoms with E-state index in [4.69, 9.17) is 15.7 Å². The van der Waals surface area contributed by atoms with E-state index in [2.05, 4.69) is 5.32 Å². The summed E-state index contributed by atoms with van der Waals surface area (Å²) in [7, 11) is 1.53. The van der Waals surface area contributed by atoms with Gasteiger partial charge in [-0.1, -0.05) is 6.07 Å². The summed E-state index contributed by atoms with van der Waals surface area (Å²) in [6.07, 6.45) is 0. The van der Waals surface area contributed by atoms with Gasteiger partial charge in [0.15, 0.2) is 0 Å². The Balaban J connectivity index is 2.26. The van der Waals surface area contributed by atoms with E-state index in [1.54, 1.807) is 36.4 Å². The molecule has 2 aromatic carbocycles. The lowest BCUT2D eigenvalue weighted by Gasteiger charge is -2.08. The van der Waals surface area contributed by atoms with Crippen LogP contribution in [0.2, 0.25) is 0 Å². The van der Waals surface area contributed by atoms with Gasteiger partial charge >= 0.3 is 0 Å². The molecular formula is C15H13N3O2. The molecule has 0 aliphatic rings. The highest BCUT2D eigenvalue weighted by Gasteiger charge is 2.10. The molecule has 0 saturated carbocycles. The van der Waals surface area contributed by atoms with Crippen LogP contribution in [0.5, 0.6) is 5.75 Å². The topological polar surface area (TPSA) is 88.1 Å². The normalized spacial score (nSPS) is 9.60. The average Bonchev–Trinajstić information content (AvgIpc) is 2.49. The van der Waals surface area contributed by atoms with Crippen molar-refractivity contribution in [3.05, 3.63) is 53.6 Å². The van der Waals surface area contributed by atoms with Gasteiger partial charge in [0.05, 0.1) is 18.4 Å². The summed E-state index contributed by atoms with van der Waals surface area (Å²) in [6, 6.07) is 13.5. The lowest BCUT2D eigenvalue weighted by Crippen LogP contribution is -2.13. The second-order valence-electron chi connectivity index (χ2n) is 4.10. The number of ether oxygens (including phenoxy) is 1. The van der Waals surface area contributed by atoms with Gasteiger partial charge in [-0.3, -0.25) is 4.79 Å². The van der Waals surface area contributed by atoms with Crippen LogP contribution < -0.4 is 15.8 Å². The van der Waals surface area contributed by atoms with Crippen molar-refractivity contribution in [1.82, 2.24) is 0 Å². The summed E-state index contributed by atoms with van der Waals surface area (Å²) in [4.78, 5) is 12.1. The molecule has 1 amide bonds. The summed E-state index contributed by atoms with van der Waals surface area (Å²) in [5, 5.41) is 11.7. The molecule has 0 heterocycles. The molecule has 3 N–H and O–H groups in total. The number of methoxy groups -OCH3 is 1. The van der Waals surface area contributed by atoms with Crippen LogP contribution >= 0.6 is 0 Å². The predicted octanol–water partition coefficient (Wildman–Crippen LogP) is 2.40. The Morgan fingerprint density at radius 2 is 2.10 bits per heavy atom. The fraction of sp³-hybridized carbons (Fsp3) is 0.0667. The summed E-state index contributed by atoms with van der Waals surface area (Å²) in [5.74, 6) is 0.278. The Morgan fingerprint density at radius 1 is 1.30 bits per heavy atom. The van der Waals surface area contributed by atoms with E-state index in [1.807, 2.05) is 6.07 Å². The predicted molar refractivity (Wildman–Crippen MR) is 76.5 cm³/mol. The molecule has 0 atom stereocenters. The van der Waals surface area contributed by atoms with E-state index >= 15 is 0 Å². The number of rotatable bonds is 3. The van der Waals surface area contributed by atoms with Gasteiger partial charge in [0.25, 0.3) is 5.91 Å². The van der Waals surface area contributed by atoms with Crippen LogP contribution in [0.25, 0.3) is 0 Å². The van der Waals surface area contributed by atoms with Crippen molar-refractivity contribution in [1.29, 1.82) is 5.26 Å². The Kier molecular flexibility index (Phi) is 3.87. The van der Waals surface area contributed by atoms with Gasteiger partial charge in [0.2, 0.25) is 0 Å². The SMILES string of the molecule is COc1cccc(C(=O)Nc2ccc(N)cc2C#N)c1. The molecule has 0 spiro atoms. The van der Waals surface area contributed by atoms with Crippen LogP contribution in [-0.4, -0.2) is 13.0 Å². The lowest BCUT2D eigenvalue weighted by atomic mass is 10.1. The number of nitrogens with two attached hydrogens (primary N) is 1. The smallest absolute Gasteiger partial charge is 0.255 e. The van der Waals surface area contributed by atoms with E-state index in [-0.39, 0.29) is 5.91 Å². The van der Waals surface area contributed by atoms with Crippen molar-refractivity contribution in [2.24, 2.45) is 0 Å². The maximum absolute atomic E-state index is 12.1. The summed E-state index contributed by atoms with van der Waals surface area (Å²) in [6.45, 7) is 0. The number of anilines is 2. The number of hydrogen-bond donors (Lipinski definition) is 2.